The van der Waals surface area contributed by atoms with Crippen molar-refractivity contribution in [1.82, 2.24) is 20.2 Å². The summed E-state index contributed by atoms with van der Waals surface area (Å²) in [4.78, 5) is 36.1. The lowest BCUT2D eigenvalue weighted by Gasteiger charge is -2.40. The van der Waals surface area contributed by atoms with E-state index >= 15 is 0 Å². The van der Waals surface area contributed by atoms with Crippen LogP contribution in [0.3, 0.4) is 0 Å². The van der Waals surface area contributed by atoms with Gasteiger partial charge in [-0.25, -0.2) is 9.97 Å². The lowest BCUT2D eigenvalue weighted by atomic mass is 9.89. The highest BCUT2D eigenvalue weighted by molar-refractivity contribution is 5.96. The standard InChI is InChI=1S/C20H28N4O3/c1-12-17(13(2)22-11-21-12)19(25)23-18-15-3-4-16(18)10-24(9-15)20(26)14-5-7-27-8-6-14/h11,14-16,18H,3-10H2,1-2H3,(H,23,25)/t15-,16+,18?. The number of carbonyl (C=O) groups excluding carboxylic acids is 2. The van der Waals surface area contributed by atoms with Crippen molar-refractivity contribution >= 4 is 11.8 Å². The third-order valence-electron chi connectivity index (χ3n) is 6.47. The third-order valence-corrected chi connectivity index (χ3v) is 6.47. The molecule has 0 spiro atoms. The summed E-state index contributed by atoms with van der Waals surface area (Å²) in [5.74, 6) is 0.972. The fourth-order valence-electron chi connectivity index (χ4n) is 4.99. The Morgan fingerprint density at radius 3 is 2.22 bits per heavy atom. The molecular weight excluding hydrogens is 344 g/mol. The van der Waals surface area contributed by atoms with E-state index in [0.29, 0.717) is 42.0 Å². The van der Waals surface area contributed by atoms with Crippen molar-refractivity contribution < 1.29 is 14.3 Å². The number of aryl methyl sites for hydroxylation is 2. The minimum atomic E-state index is -0.0864. The molecule has 4 rings (SSSR count). The van der Waals surface area contributed by atoms with Crippen molar-refractivity contribution in [3.05, 3.63) is 23.3 Å². The maximum absolute atomic E-state index is 12.9. The first-order valence-corrected chi connectivity index (χ1v) is 10.00. The van der Waals surface area contributed by atoms with Crippen LogP contribution in [0.15, 0.2) is 6.33 Å². The molecule has 2 aliphatic heterocycles. The van der Waals surface area contributed by atoms with Gasteiger partial charge in [-0.05, 0) is 51.4 Å². The number of hydrogen-bond donors (Lipinski definition) is 1. The Labute approximate surface area is 159 Å². The van der Waals surface area contributed by atoms with E-state index in [-0.39, 0.29) is 23.8 Å². The summed E-state index contributed by atoms with van der Waals surface area (Å²) >= 11 is 0. The number of amides is 2. The van der Waals surface area contributed by atoms with Crippen molar-refractivity contribution in [3.63, 3.8) is 0 Å². The molecule has 7 nitrogen and oxygen atoms in total. The van der Waals surface area contributed by atoms with Gasteiger partial charge in [0.25, 0.3) is 5.91 Å². The number of hydrogen-bond acceptors (Lipinski definition) is 5. The smallest absolute Gasteiger partial charge is 0.255 e. The maximum Gasteiger partial charge on any atom is 0.255 e. The number of fused-ring (bicyclic) bond motifs is 2. The number of piperidine rings is 1. The molecule has 1 aliphatic carbocycles. The number of ether oxygens (including phenoxy) is 1. The molecule has 0 aromatic carbocycles. The van der Waals surface area contributed by atoms with Crippen LogP contribution in [0, 0.1) is 31.6 Å². The van der Waals surface area contributed by atoms with Gasteiger partial charge in [0, 0.05) is 38.3 Å². The zero-order valence-electron chi connectivity index (χ0n) is 16.1. The first-order valence-electron chi connectivity index (χ1n) is 10.00. The molecule has 1 N–H and O–H groups in total. The van der Waals surface area contributed by atoms with E-state index in [4.69, 9.17) is 4.74 Å². The predicted molar refractivity (Wildman–Crippen MR) is 99.1 cm³/mol. The Morgan fingerprint density at radius 1 is 1.04 bits per heavy atom. The molecule has 1 saturated carbocycles. The Hall–Kier alpha value is -2.02. The van der Waals surface area contributed by atoms with Crippen LogP contribution in [-0.4, -0.2) is 59.0 Å². The molecule has 3 fully saturated rings. The topological polar surface area (TPSA) is 84.4 Å². The third kappa shape index (κ3) is 3.57. The number of rotatable bonds is 3. The monoisotopic (exact) mass is 372 g/mol. The molecule has 7 heteroatoms. The van der Waals surface area contributed by atoms with Gasteiger partial charge < -0.3 is 15.0 Å². The largest absolute Gasteiger partial charge is 0.381 e. The van der Waals surface area contributed by atoms with Crippen LogP contribution >= 0.6 is 0 Å². The summed E-state index contributed by atoms with van der Waals surface area (Å²) in [6.07, 6.45) is 5.28. The van der Waals surface area contributed by atoms with E-state index in [1.807, 2.05) is 18.7 Å². The van der Waals surface area contributed by atoms with Gasteiger partial charge in [0.15, 0.2) is 0 Å². The highest BCUT2D eigenvalue weighted by atomic mass is 16.5. The van der Waals surface area contributed by atoms with Crippen LogP contribution in [0.4, 0.5) is 0 Å². The van der Waals surface area contributed by atoms with E-state index < -0.39 is 0 Å². The second kappa shape index (κ2) is 7.54. The van der Waals surface area contributed by atoms with E-state index in [1.54, 1.807) is 0 Å². The molecule has 1 aromatic heterocycles. The van der Waals surface area contributed by atoms with Crippen LogP contribution in [0.2, 0.25) is 0 Å². The molecule has 0 radical (unpaired) electrons. The average molecular weight is 372 g/mol. The van der Waals surface area contributed by atoms with Gasteiger partial charge in [-0.2, -0.15) is 0 Å². The van der Waals surface area contributed by atoms with Gasteiger partial charge in [0.2, 0.25) is 5.91 Å². The quantitative estimate of drug-likeness (QED) is 0.869. The second-order valence-electron chi connectivity index (χ2n) is 8.15. The molecule has 1 unspecified atom stereocenters. The van der Waals surface area contributed by atoms with E-state index in [9.17, 15) is 9.59 Å². The minimum Gasteiger partial charge on any atom is -0.381 e. The van der Waals surface area contributed by atoms with Gasteiger partial charge in [0.1, 0.15) is 6.33 Å². The van der Waals surface area contributed by atoms with Crippen molar-refractivity contribution in [2.45, 2.75) is 45.6 Å². The van der Waals surface area contributed by atoms with Crippen molar-refractivity contribution in [2.75, 3.05) is 26.3 Å². The second-order valence-corrected chi connectivity index (χ2v) is 8.15. The number of aromatic nitrogens is 2. The Morgan fingerprint density at radius 2 is 1.63 bits per heavy atom. The minimum absolute atomic E-state index is 0.0864. The molecule has 146 valence electrons. The van der Waals surface area contributed by atoms with Crippen molar-refractivity contribution in [1.29, 1.82) is 0 Å². The average Bonchev–Trinajstić information content (AvgIpc) is 2.89. The fourth-order valence-corrected chi connectivity index (χ4v) is 4.99. The highest BCUT2D eigenvalue weighted by Crippen LogP contribution is 2.38. The van der Waals surface area contributed by atoms with E-state index in [0.717, 1.165) is 38.8 Å². The summed E-state index contributed by atoms with van der Waals surface area (Å²) in [6, 6.07) is 0.134. The van der Waals surface area contributed by atoms with Crippen LogP contribution in [0.1, 0.15) is 47.4 Å². The molecule has 2 amide bonds. The van der Waals surface area contributed by atoms with Crippen molar-refractivity contribution in [2.24, 2.45) is 17.8 Å². The van der Waals surface area contributed by atoms with Crippen LogP contribution in [-0.2, 0) is 9.53 Å². The fraction of sp³-hybridized carbons (Fsp3) is 0.700. The number of nitrogens with one attached hydrogen (secondary N) is 1. The summed E-state index contributed by atoms with van der Waals surface area (Å²) in [5, 5.41) is 3.24. The first-order chi connectivity index (χ1) is 13.0. The normalized spacial score (nSPS) is 28.2. The Kier molecular flexibility index (Phi) is 5.12. The number of likely N-dealkylation sites (tertiary alicyclic amines) is 1. The van der Waals surface area contributed by atoms with Crippen LogP contribution < -0.4 is 5.32 Å². The van der Waals surface area contributed by atoms with Gasteiger partial charge in [0.05, 0.1) is 17.0 Å². The lowest BCUT2D eigenvalue weighted by molar-refractivity contribution is -0.141. The maximum atomic E-state index is 12.9. The van der Waals surface area contributed by atoms with Gasteiger partial charge in [-0.1, -0.05) is 0 Å². The van der Waals surface area contributed by atoms with E-state index in [1.165, 1.54) is 6.33 Å². The van der Waals surface area contributed by atoms with Gasteiger partial charge in [-0.3, -0.25) is 9.59 Å². The summed E-state index contributed by atoms with van der Waals surface area (Å²) in [5.41, 5.74) is 2.00. The summed E-state index contributed by atoms with van der Waals surface area (Å²) in [6.45, 7) is 6.56. The van der Waals surface area contributed by atoms with E-state index in [2.05, 4.69) is 15.3 Å². The molecule has 2 saturated heterocycles. The van der Waals surface area contributed by atoms with Crippen LogP contribution in [0.5, 0.6) is 0 Å². The first kappa shape index (κ1) is 18.3. The summed E-state index contributed by atoms with van der Waals surface area (Å²) in [7, 11) is 0. The molecule has 3 heterocycles. The predicted octanol–water partition coefficient (Wildman–Crippen LogP) is 1.49. The Balaban J connectivity index is 1.42. The Bertz CT molecular complexity index is 698. The summed E-state index contributed by atoms with van der Waals surface area (Å²) < 4.78 is 5.39. The van der Waals surface area contributed by atoms with Gasteiger partial charge in [-0.15, -0.1) is 0 Å². The molecule has 3 atom stereocenters. The lowest BCUT2D eigenvalue weighted by Crippen LogP contribution is -2.55. The number of carbonyl (C=O) groups is 2. The molecule has 1 aromatic rings. The van der Waals surface area contributed by atoms with Gasteiger partial charge >= 0.3 is 0 Å². The van der Waals surface area contributed by atoms with Crippen LogP contribution in [0.25, 0.3) is 0 Å². The zero-order chi connectivity index (χ0) is 19.0. The SMILES string of the molecule is Cc1ncnc(C)c1C(=O)NC1[C@@H]2CC[C@H]1CN(C(=O)C1CCOCC1)C2. The van der Waals surface area contributed by atoms with Crippen molar-refractivity contribution in [3.8, 4) is 0 Å². The highest BCUT2D eigenvalue weighted by Gasteiger charge is 2.45. The molecule has 3 aliphatic rings. The molecular formula is C20H28N4O3. The zero-order valence-corrected chi connectivity index (χ0v) is 16.1. The molecule has 2 bridgehead atoms. The number of nitrogens with zero attached hydrogens (tertiary/aromatic N) is 3. The molecule has 27 heavy (non-hydrogen) atoms.